The maximum absolute atomic E-state index is 12.2. The number of carboxylic acids is 1. The van der Waals surface area contributed by atoms with Gasteiger partial charge >= 0.3 is 11.9 Å². The summed E-state index contributed by atoms with van der Waals surface area (Å²) in [5.74, 6) is 1.06. The number of unbranched alkanes of at least 4 members (excludes halogenated alkanes) is 7. The van der Waals surface area contributed by atoms with Crippen LogP contribution in [-0.4, -0.2) is 23.1 Å². The monoisotopic (exact) mass is 368 g/mol. The van der Waals surface area contributed by atoms with Gasteiger partial charge in [-0.05, 0) is 43.4 Å². The summed E-state index contributed by atoms with van der Waals surface area (Å²) in [5, 5.41) is 8.58. The Kier molecular flexibility index (Phi) is 11.6. The Morgan fingerprint density at radius 1 is 0.923 bits per heavy atom. The van der Waals surface area contributed by atoms with Crippen molar-refractivity contribution in [2.45, 2.75) is 110 Å². The van der Waals surface area contributed by atoms with Gasteiger partial charge in [0.15, 0.2) is 0 Å². The van der Waals surface area contributed by atoms with Crippen LogP contribution in [0, 0.1) is 17.8 Å². The molecule has 1 fully saturated rings. The Hall–Kier alpha value is -1.06. The van der Waals surface area contributed by atoms with E-state index in [1.54, 1.807) is 0 Å². The molecule has 0 heterocycles. The lowest BCUT2D eigenvalue weighted by molar-refractivity contribution is -0.156. The highest BCUT2D eigenvalue weighted by Gasteiger charge is 2.33. The molecule has 1 aliphatic rings. The van der Waals surface area contributed by atoms with Gasteiger partial charge < -0.3 is 9.84 Å². The van der Waals surface area contributed by atoms with Gasteiger partial charge in [-0.25, -0.2) is 0 Å². The van der Waals surface area contributed by atoms with Crippen molar-refractivity contribution in [2.24, 2.45) is 17.8 Å². The molecule has 4 nitrogen and oxygen atoms in total. The maximum Gasteiger partial charge on any atom is 0.306 e. The fourth-order valence-electron chi connectivity index (χ4n) is 4.08. The Morgan fingerprint density at radius 3 is 2.00 bits per heavy atom. The molecule has 0 aromatic heterocycles. The van der Waals surface area contributed by atoms with Crippen LogP contribution in [0.15, 0.2) is 0 Å². The lowest BCUT2D eigenvalue weighted by Crippen LogP contribution is -2.35. The summed E-state index contributed by atoms with van der Waals surface area (Å²) in [6, 6.07) is 0. The van der Waals surface area contributed by atoms with E-state index in [1.165, 1.54) is 25.7 Å². The van der Waals surface area contributed by atoms with Crippen molar-refractivity contribution in [3.05, 3.63) is 0 Å². The third-order valence-corrected chi connectivity index (χ3v) is 5.77. The minimum absolute atomic E-state index is 0.0107. The molecule has 0 amide bonds. The largest absolute Gasteiger partial charge is 0.481 e. The van der Waals surface area contributed by atoms with E-state index in [9.17, 15) is 9.59 Å². The smallest absolute Gasteiger partial charge is 0.306 e. The van der Waals surface area contributed by atoms with Crippen LogP contribution < -0.4 is 0 Å². The normalized spacial score (nSPS) is 23.2. The minimum atomic E-state index is -0.695. The molecule has 1 aliphatic carbocycles. The molecular formula is C22H40O4. The van der Waals surface area contributed by atoms with Crippen LogP contribution >= 0.6 is 0 Å². The van der Waals surface area contributed by atoms with Crippen molar-refractivity contribution < 1.29 is 19.4 Å². The zero-order valence-corrected chi connectivity index (χ0v) is 17.2. The molecule has 3 atom stereocenters. The molecule has 1 N–H and O–H groups in total. The Balaban J connectivity index is 2.05. The summed E-state index contributed by atoms with van der Waals surface area (Å²) < 4.78 is 5.84. The van der Waals surface area contributed by atoms with Crippen LogP contribution in [0.5, 0.6) is 0 Å². The van der Waals surface area contributed by atoms with Gasteiger partial charge in [0.1, 0.15) is 6.10 Å². The van der Waals surface area contributed by atoms with Gasteiger partial charge in [-0.2, -0.15) is 0 Å². The summed E-state index contributed by atoms with van der Waals surface area (Å²) in [6.45, 7) is 6.74. The summed E-state index contributed by atoms with van der Waals surface area (Å²) in [5.41, 5.74) is 0. The molecular weight excluding hydrogens is 328 g/mol. The first kappa shape index (κ1) is 23.0. The molecule has 0 saturated heterocycles. The molecule has 26 heavy (non-hydrogen) atoms. The summed E-state index contributed by atoms with van der Waals surface area (Å²) in [6.07, 6.45) is 12.8. The second-order valence-corrected chi connectivity index (χ2v) is 8.58. The van der Waals surface area contributed by atoms with Crippen LogP contribution in [0.25, 0.3) is 0 Å². The van der Waals surface area contributed by atoms with Crippen molar-refractivity contribution in [1.29, 1.82) is 0 Å². The van der Waals surface area contributed by atoms with E-state index >= 15 is 0 Å². The molecule has 152 valence electrons. The molecule has 3 unspecified atom stereocenters. The zero-order valence-electron chi connectivity index (χ0n) is 17.2. The van der Waals surface area contributed by atoms with Gasteiger partial charge in [0.05, 0.1) is 0 Å². The maximum atomic E-state index is 12.2. The van der Waals surface area contributed by atoms with E-state index < -0.39 is 5.97 Å². The molecule has 0 radical (unpaired) electrons. The molecule has 4 heteroatoms. The average Bonchev–Trinajstić information content (AvgIpc) is 2.56. The van der Waals surface area contributed by atoms with Gasteiger partial charge in [-0.1, -0.05) is 65.7 Å². The fraction of sp³-hybridized carbons (Fsp3) is 0.909. The van der Waals surface area contributed by atoms with Crippen molar-refractivity contribution in [2.75, 3.05) is 0 Å². The topological polar surface area (TPSA) is 63.6 Å². The second kappa shape index (κ2) is 13.2. The molecule has 0 aromatic carbocycles. The number of rotatable bonds is 13. The van der Waals surface area contributed by atoms with Gasteiger partial charge in [-0.15, -0.1) is 0 Å². The van der Waals surface area contributed by atoms with Crippen LogP contribution in [0.4, 0.5) is 0 Å². The number of carbonyl (C=O) groups is 2. The zero-order chi connectivity index (χ0) is 19.4. The number of ether oxygens (including phenoxy) is 1. The van der Waals surface area contributed by atoms with Crippen molar-refractivity contribution in [3.8, 4) is 0 Å². The van der Waals surface area contributed by atoms with E-state index in [0.29, 0.717) is 30.6 Å². The average molecular weight is 369 g/mol. The standard InChI is InChI=1S/C22H40O4/c1-17(2)19-15-14-18(3)16-20(19)26-22(25)13-11-9-7-5-4-6-8-10-12-21(23)24/h17-20H,4-16H2,1-3H3,(H,23,24). The first-order valence-corrected chi connectivity index (χ1v) is 10.8. The fourth-order valence-corrected chi connectivity index (χ4v) is 4.08. The molecule has 0 aromatic rings. The number of hydrogen-bond donors (Lipinski definition) is 1. The quantitative estimate of drug-likeness (QED) is 0.321. The third kappa shape index (κ3) is 10.2. The Morgan fingerprint density at radius 2 is 1.46 bits per heavy atom. The summed E-state index contributed by atoms with van der Waals surface area (Å²) in [4.78, 5) is 22.6. The van der Waals surface area contributed by atoms with Gasteiger partial charge in [-0.3, -0.25) is 9.59 Å². The van der Waals surface area contributed by atoms with Crippen molar-refractivity contribution in [1.82, 2.24) is 0 Å². The van der Waals surface area contributed by atoms with Gasteiger partial charge in [0.2, 0.25) is 0 Å². The first-order chi connectivity index (χ1) is 12.4. The number of aliphatic carboxylic acids is 1. The highest BCUT2D eigenvalue weighted by molar-refractivity contribution is 5.69. The minimum Gasteiger partial charge on any atom is -0.481 e. The highest BCUT2D eigenvalue weighted by atomic mass is 16.5. The van der Waals surface area contributed by atoms with Crippen LogP contribution in [-0.2, 0) is 14.3 Å². The number of carboxylic acid groups (broad SMARTS) is 1. The molecule has 1 saturated carbocycles. The molecule has 0 aliphatic heterocycles. The summed E-state index contributed by atoms with van der Waals surface area (Å²) in [7, 11) is 0. The van der Waals surface area contributed by atoms with Crippen LogP contribution in [0.1, 0.15) is 104 Å². The molecule has 0 spiro atoms. The van der Waals surface area contributed by atoms with Crippen LogP contribution in [0.3, 0.4) is 0 Å². The molecule has 0 bridgehead atoms. The third-order valence-electron chi connectivity index (χ3n) is 5.77. The predicted molar refractivity (Wildman–Crippen MR) is 105 cm³/mol. The molecule has 1 rings (SSSR count). The highest BCUT2D eigenvalue weighted by Crippen LogP contribution is 2.35. The van der Waals surface area contributed by atoms with E-state index in [4.69, 9.17) is 9.84 Å². The van der Waals surface area contributed by atoms with E-state index in [2.05, 4.69) is 20.8 Å². The van der Waals surface area contributed by atoms with Crippen molar-refractivity contribution in [3.63, 3.8) is 0 Å². The van der Waals surface area contributed by atoms with Crippen molar-refractivity contribution >= 4 is 11.9 Å². The lowest BCUT2D eigenvalue weighted by Gasteiger charge is -2.36. The SMILES string of the molecule is CC1CCC(C(C)C)C(OC(=O)CCCCCCCCCCC(=O)O)C1. The van der Waals surface area contributed by atoms with Crippen LogP contribution in [0.2, 0.25) is 0 Å². The Bertz CT molecular complexity index is 405. The predicted octanol–water partition coefficient (Wildman–Crippen LogP) is 5.98. The first-order valence-electron chi connectivity index (χ1n) is 10.8. The number of esters is 1. The van der Waals surface area contributed by atoms with E-state index in [-0.39, 0.29) is 12.1 Å². The number of carbonyl (C=O) groups excluding carboxylic acids is 1. The van der Waals surface area contributed by atoms with Gasteiger partial charge in [0.25, 0.3) is 0 Å². The second-order valence-electron chi connectivity index (χ2n) is 8.58. The van der Waals surface area contributed by atoms with E-state index in [1.807, 2.05) is 0 Å². The Labute approximate surface area is 160 Å². The lowest BCUT2D eigenvalue weighted by atomic mass is 9.75. The van der Waals surface area contributed by atoms with Gasteiger partial charge in [0, 0.05) is 12.8 Å². The summed E-state index contributed by atoms with van der Waals surface area (Å²) >= 11 is 0. The van der Waals surface area contributed by atoms with E-state index in [0.717, 1.165) is 44.9 Å². The number of hydrogen-bond acceptors (Lipinski definition) is 3.